The molecule has 1 rings (SSSR count). The van der Waals surface area contributed by atoms with Gasteiger partial charge in [0, 0.05) is 12.6 Å². The van der Waals surface area contributed by atoms with Crippen molar-refractivity contribution in [2.45, 2.75) is 26.1 Å². The quantitative estimate of drug-likeness (QED) is 0.866. The van der Waals surface area contributed by atoms with Crippen LogP contribution in [0.1, 0.15) is 24.5 Å². The maximum absolute atomic E-state index is 12.5. The van der Waals surface area contributed by atoms with E-state index in [4.69, 9.17) is 5.26 Å². The second kappa shape index (κ2) is 4.49. The van der Waals surface area contributed by atoms with Gasteiger partial charge in [-0.2, -0.15) is 18.4 Å². The van der Waals surface area contributed by atoms with Crippen molar-refractivity contribution in [2.75, 3.05) is 0 Å². The molecule has 0 unspecified atom stereocenters. The smallest absolute Gasteiger partial charge is 0.418 e. The van der Waals surface area contributed by atoms with Crippen molar-refractivity contribution in [1.29, 1.82) is 5.26 Å². The van der Waals surface area contributed by atoms with Gasteiger partial charge in [0.2, 0.25) is 5.88 Å². The van der Waals surface area contributed by atoms with Gasteiger partial charge >= 0.3 is 6.18 Å². The molecule has 1 N–H and O–H groups in total. The van der Waals surface area contributed by atoms with E-state index in [1.165, 1.54) is 6.07 Å². The van der Waals surface area contributed by atoms with Crippen molar-refractivity contribution in [3.8, 4) is 11.9 Å². The van der Waals surface area contributed by atoms with Crippen molar-refractivity contribution >= 4 is 0 Å². The third-order valence-electron chi connectivity index (χ3n) is 2.15. The number of aromatic hydroxyl groups is 1. The second-order valence-electron chi connectivity index (χ2n) is 3.36. The fourth-order valence-corrected chi connectivity index (χ4v) is 1.41. The van der Waals surface area contributed by atoms with Crippen LogP contribution >= 0.6 is 0 Å². The summed E-state index contributed by atoms with van der Waals surface area (Å²) in [7, 11) is 0. The van der Waals surface area contributed by atoms with E-state index < -0.39 is 28.7 Å². The van der Waals surface area contributed by atoms with E-state index in [1.807, 2.05) is 0 Å². The SMILES string of the molecule is CCCn1c(O)c(C#N)c(C(F)(F)F)cc1=O. The molecule has 17 heavy (non-hydrogen) atoms. The van der Waals surface area contributed by atoms with Crippen LogP contribution in [-0.2, 0) is 12.7 Å². The van der Waals surface area contributed by atoms with Crippen LogP contribution in [0.2, 0.25) is 0 Å². The Labute approximate surface area is 94.5 Å². The molecule has 0 spiro atoms. The Balaban J connectivity index is 3.60. The minimum Gasteiger partial charge on any atom is -0.493 e. The van der Waals surface area contributed by atoms with Gasteiger partial charge in [0.15, 0.2) is 0 Å². The lowest BCUT2D eigenvalue weighted by Gasteiger charge is -2.13. The van der Waals surface area contributed by atoms with Gasteiger partial charge in [-0.3, -0.25) is 9.36 Å². The Kier molecular flexibility index (Phi) is 3.46. The number of pyridine rings is 1. The summed E-state index contributed by atoms with van der Waals surface area (Å²) in [5, 5.41) is 18.1. The number of hydrogen-bond acceptors (Lipinski definition) is 3. The highest BCUT2D eigenvalue weighted by molar-refractivity contribution is 5.45. The molecule has 0 aliphatic rings. The normalized spacial score (nSPS) is 11.2. The molecular weight excluding hydrogens is 237 g/mol. The summed E-state index contributed by atoms with van der Waals surface area (Å²) in [5.74, 6) is -0.936. The molecule has 0 aliphatic heterocycles. The monoisotopic (exact) mass is 246 g/mol. The zero-order valence-electron chi connectivity index (χ0n) is 8.88. The molecule has 1 aromatic rings. The maximum Gasteiger partial charge on any atom is 0.418 e. The van der Waals surface area contributed by atoms with Gasteiger partial charge in [-0.05, 0) is 6.42 Å². The molecule has 0 amide bonds. The van der Waals surface area contributed by atoms with Crippen LogP contribution in [0, 0.1) is 11.3 Å². The van der Waals surface area contributed by atoms with Gasteiger partial charge < -0.3 is 5.11 Å². The number of nitriles is 1. The molecule has 0 radical (unpaired) electrons. The standard InChI is InChI=1S/C10H9F3N2O2/c1-2-3-15-8(16)4-7(10(11,12)13)6(5-14)9(15)17/h4,17H,2-3H2,1H3. The molecule has 0 aliphatic carbocycles. The molecule has 1 aromatic heterocycles. The molecule has 0 fully saturated rings. The first-order chi connectivity index (χ1) is 7.82. The van der Waals surface area contributed by atoms with Crippen LogP contribution in [0.4, 0.5) is 13.2 Å². The fourth-order valence-electron chi connectivity index (χ4n) is 1.41. The van der Waals surface area contributed by atoms with E-state index in [0.717, 1.165) is 4.57 Å². The molecule has 0 saturated carbocycles. The molecular formula is C10H9F3N2O2. The number of alkyl halides is 3. The highest BCUT2D eigenvalue weighted by Crippen LogP contribution is 2.33. The van der Waals surface area contributed by atoms with Gasteiger partial charge in [0.25, 0.3) is 5.56 Å². The zero-order chi connectivity index (χ0) is 13.2. The summed E-state index contributed by atoms with van der Waals surface area (Å²) in [6.45, 7) is 1.74. The largest absolute Gasteiger partial charge is 0.493 e. The average molecular weight is 246 g/mol. The van der Waals surface area contributed by atoms with Crippen molar-refractivity contribution in [3.05, 3.63) is 27.5 Å². The number of rotatable bonds is 2. The van der Waals surface area contributed by atoms with Crippen molar-refractivity contribution < 1.29 is 18.3 Å². The van der Waals surface area contributed by atoms with Gasteiger partial charge in [-0.1, -0.05) is 6.92 Å². The molecule has 7 heteroatoms. The highest BCUT2D eigenvalue weighted by Gasteiger charge is 2.36. The number of nitrogens with zero attached hydrogens (tertiary/aromatic N) is 2. The summed E-state index contributed by atoms with van der Waals surface area (Å²) in [6, 6.07) is 1.59. The van der Waals surface area contributed by atoms with Crippen LogP contribution in [0.25, 0.3) is 0 Å². The Morgan fingerprint density at radius 2 is 2.12 bits per heavy atom. The van der Waals surface area contributed by atoms with E-state index >= 15 is 0 Å². The zero-order valence-corrected chi connectivity index (χ0v) is 8.88. The minimum absolute atomic E-state index is 0.0531. The van der Waals surface area contributed by atoms with Crippen LogP contribution in [-0.4, -0.2) is 9.67 Å². The first kappa shape index (κ1) is 13.1. The summed E-state index contributed by atoms with van der Waals surface area (Å²) >= 11 is 0. The average Bonchev–Trinajstić information content (AvgIpc) is 2.22. The third kappa shape index (κ3) is 2.41. The number of halogens is 3. The van der Waals surface area contributed by atoms with Gasteiger partial charge in [0.05, 0.1) is 5.56 Å². The van der Waals surface area contributed by atoms with Crippen molar-refractivity contribution in [3.63, 3.8) is 0 Å². The molecule has 4 nitrogen and oxygen atoms in total. The van der Waals surface area contributed by atoms with Crippen molar-refractivity contribution in [2.24, 2.45) is 0 Å². The second-order valence-corrected chi connectivity index (χ2v) is 3.36. The van der Waals surface area contributed by atoms with Gasteiger partial charge in [0.1, 0.15) is 11.6 Å². The molecule has 1 heterocycles. The van der Waals surface area contributed by atoms with E-state index in [1.54, 1.807) is 6.92 Å². The van der Waals surface area contributed by atoms with Crippen LogP contribution in [0.5, 0.6) is 5.88 Å². The predicted molar refractivity (Wildman–Crippen MR) is 52.4 cm³/mol. The topological polar surface area (TPSA) is 66.0 Å². The molecule has 0 atom stereocenters. The minimum atomic E-state index is -4.84. The van der Waals surface area contributed by atoms with E-state index in [0.29, 0.717) is 12.5 Å². The van der Waals surface area contributed by atoms with E-state index in [-0.39, 0.29) is 6.54 Å². The van der Waals surface area contributed by atoms with E-state index in [2.05, 4.69) is 0 Å². The molecule has 0 saturated heterocycles. The maximum atomic E-state index is 12.5. The van der Waals surface area contributed by atoms with Crippen LogP contribution in [0.3, 0.4) is 0 Å². The first-order valence-corrected chi connectivity index (χ1v) is 4.77. The fraction of sp³-hybridized carbons (Fsp3) is 0.400. The number of hydrogen-bond donors (Lipinski definition) is 1. The van der Waals surface area contributed by atoms with E-state index in [9.17, 15) is 23.1 Å². The predicted octanol–water partition coefficient (Wildman–Crippen LogP) is 1.85. The Morgan fingerprint density at radius 3 is 2.53 bits per heavy atom. The lowest BCUT2D eigenvalue weighted by Crippen LogP contribution is -2.24. The summed E-state index contributed by atoms with van der Waals surface area (Å²) in [6.07, 6.45) is -4.39. The lowest BCUT2D eigenvalue weighted by atomic mass is 10.1. The Bertz CT molecular complexity index is 526. The lowest BCUT2D eigenvalue weighted by molar-refractivity contribution is -0.138. The Morgan fingerprint density at radius 1 is 1.53 bits per heavy atom. The molecule has 0 bridgehead atoms. The summed E-state index contributed by atoms with van der Waals surface area (Å²) < 4.78 is 38.3. The van der Waals surface area contributed by atoms with Crippen LogP contribution < -0.4 is 5.56 Å². The summed E-state index contributed by atoms with van der Waals surface area (Å²) in [5.41, 5.74) is -3.31. The molecule has 0 aromatic carbocycles. The van der Waals surface area contributed by atoms with Crippen molar-refractivity contribution in [1.82, 2.24) is 4.57 Å². The third-order valence-corrected chi connectivity index (χ3v) is 2.15. The molecule has 92 valence electrons. The summed E-state index contributed by atoms with van der Waals surface area (Å²) in [4.78, 5) is 11.4. The van der Waals surface area contributed by atoms with Gasteiger partial charge in [-0.25, -0.2) is 0 Å². The van der Waals surface area contributed by atoms with Gasteiger partial charge in [-0.15, -0.1) is 0 Å². The first-order valence-electron chi connectivity index (χ1n) is 4.77. The highest BCUT2D eigenvalue weighted by atomic mass is 19.4. The Hall–Kier alpha value is -1.97. The number of aromatic nitrogens is 1. The van der Waals surface area contributed by atoms with Crippen LogP contribution in [0.15, 0.2) is 10.9 Å².